The smallest absolute Gasteiger partial charge is 0.175 e. The molecule has 2 aliphatic carbocycles. The minimum atomic E-state index is -1.27. The Morgan fingerprint density at radius 2 is 1.94 bits per heavy atom. The molecule has 0 amide bonds. The van der Waals surface area contributed by atoms with Crippen molar-refractivity contribution in [1.29, 1.82) is 0 Å². The molecule has 10 heteroatoms. The molecule has 32 heavy (non-hydrogen) atoms. The average molecular weight is 490 g/mol. The summed E-state index contributed by atoms with van der Waals surface area (Å²) in [5, 5.41) is 17.6. The minimum absolute atomic E-state index is 0.0524. The first-order valence-electron chi connectivity index (χ1n) is 11.7. The van der Waals surface area contributed by atoms with E-state index in [2.05, 4.69) is 22.7 Å². The second kappa shape index (κ2) is 8.60. The fourth-order valence-corrected chi connectivity index (χ4v) is 8.71. The molecule has 3 saturated heterocycles. The Morgan fingerprint density at radius 3 is 2.56 bits per heavy atom. The van der Waals surface area contributed by atoms with Crippen molar-refractivity contribution < 1.29 is 24.1 Å². The first-order valence-corrected chi connectivity index (χ1v) is 13.2. The Kier molecular flexibility index (Phi) is 6.39. The zero-order valence-electron chi connectivity index (χ0n) is 19.4. The van der Waals surface area contributed by atoms with Gasteiger partial charge in [0.1, 0.15) is 0 Å². The number of carbonyl (C=O) groups excluding carboxylic acids is 1. The fraction of sp³-hybridized carbons (Fsp3) is 0.955. The highest BCUT2D eigenvalue weighted by molar-refractivity contribution is 8.00. The SMILES string of the molecule is COC1CC(OC)C2C(=O)[C@@]3(OC2C1Cl)C(O)C1C(C[C@H]3C)NN(C)C1C1CSC(C)N1. The maximum Gasteiger partial charge on any atom is 0.175 e. The highest BCUT2D eigenvalue weighted by Gasteiger charge is 2.71. The Hall–Kier alpha value is 0.0300. The number of aliphatic hydroxyl groups is 1. The number of nitrogens with zero attached hydrogens (tertiary/aromatic N) is 1. The zero-order valence-corrected chi connectivity index (χ0v) is 20.9. The molecule has 1 spiro atoms. The lowest BCUT2D eigenvalue weighted by atomic mass is 9.62. The Balaban J connectivity index is 1.50. The minimum Gasteiger partial charge on any atom is -0.389 e. The molecule has 0 bridgehead atoms. The van der Waals surface area contributed by atoms with Gasteiger partial charge in [-0.05, 0) is 19.3 Å². The lowest BCUT2D eigenvalue weighted by molar-refractivity contribution is -0.194. The van der Waals surface area contributed by atoms with Crippen molar-refractivity contribution in [2.75, 3.05) is 27.0 Å². The number of halogens is 1. The molecular formula is C22H36ClN3O5S. The number of hydrogen-bond donors (Lipinski definition) is 3. The summed E-state index contributed by atoms with van der Waals surface area (Å²) in [6.45, 7) is 4.19. The first-order chi connectivity index (χ1) is 15.2. The maximum atomic E-state index is 14.1. The number of Topliss-reactive ketones (excluding diaryl/α,β-unsaturated/α-hetero) is 1. The highest BCUT2D eigenvalue weighted by Crippen LogP contribution is 2.54. The lowest BCUT2D eigenvalue weighted by Gasteiger charge is -2.48. The third-order valence-corrected chi connectivity index (χ3v) is 10.4. The fourth-order valence-electron chi connectivity index (χ4n) is 7.23. The maximum absolute atomic E-state index is 14.1. The number of methoxy groups -OCH3 is 2. The van der Waals surface area contributed by atoms with Gasteiger partial charge >= 0.3 is 0 Å². The van der Waals surface area contributed by atoms with E-state index in [9.17, 15) is 9.90 Å². The number of hydrazine groups is 1. The van der Waals surface area contributed by atoms with Crippen LogP contribution in [0.4, 0.5) is 0 Å². The number of alkyl halides is 1. The van der Waals surface area contributed by atoms with Gasteiger partial charge in [0.05, 0.1) is 41.1 Å². The van der Waals surface area contributed by atoms with Crippen LogP contribution in [-0.2, 0) is 19.0 Å². The number of likely N-dealkylation sites (N-methyl/N-ethyl adjacent to an activating group) is 1. The third kappa shape index (κ3) is 3.27. The Morgan fingerprint density at radius 1 is 1.22 bits per heavy atom. The number of thioether (sulfide) groups is 1. The van der Waals surface area contributed by atoms with Gasteiger partial charge in [-0.1, -0.05) is 6.92 Å². The molecule has 0 aromatic carbocycles. The summed E-state index contributed by atoms with van der Waals surface area (Å²) < 4.78 is 17.9. The van der Waals surface area contributed by atoms with E-state index in [0.717, 1.165) is 12.2 Å². The van der Waals surface area contributed by atoms with Crippen LogP contribution in [0, 0.1) is 17.8 Å². The molecule has 0 radical (unpaired) electrons. The van der Waals surface area contributed by atoms with E-state index in [-0.39, 0.29) is 48.0 Å². The van der Waals surface area contributed by atoms with Crippen LogP contribution < -0.4 is 10.7 Å². The third-order valence-electron chi connectivity index (χ3n) is 8.72. The molecule has 11 unspecified atom stereocenters. The molecule has 8 nitrogen and oxygen atoms in total. The standard InChI is InChI=1S/C22H36ClN3O5S/c1-9-6-11-15(18(26(3)25-11)12-8-32-10(2)24-12)20(27)22(9)21(28)16-13(29-4)7-14(30-5)17(23)19(16)31-22/h9-20,24-25,27H,6-8H2,1-5H3/t9-,10?,11?,12?,13?,14?,15?,16?,17?,18?,19?,20?,22+/m1/s1. The molecule has 5 fully saturated rings. The predicted octanol–water partition coefficient (Wildman–Crippen LogP) is 0.606. The quantitative estimate of drug-likeness (QED) is 0.493. The van der Waals surface area contributed by atoms with Crippen LogP contribution in [0.25, 0.3) is 0 Å². The molecule has 5 rings (SSSR count). The van der Waals surface area contributed by atoms with Crippen LogP contribution in [0.3, 0.4) is 0 Å². The monoisotopic (exact) mass is 489 g/mol. The summed E-state index contributed by atoms with van der Waals surface area (Å²) in [5.74, 6) is 0.152. The van der Waals surface area contributed by atoms with Crippen LogP contribution in [0.5, 0.6) is 0 Å². The second-order valence-electron chi connectivity index (χ2n) is 10.2. The molecule has 2 saturated carbocycles. The van der Waals surface area contributed by atoms with Crippen molar-refractivity contribution in [2.24, 2.45) is 17.8 Å². The summed E-state index contributed by atoms with van der Waals surface area (Å²) in [6, 6.07) is 0.387. The van der Waals surface area contributed by atoms with Crippen LogP contribution >= 0.6 is 23.4 Å². The Bertz CT molecular complexity index is 750. The molecule has 5 aliphatic rings. The van der Waals surface area contributed by atoms with Gasteiger partial charge in [-0.15, -0.1) is 23.4 Å². The van der Waals surface area contributed by atoms with E-state index in [1.165, 1.54) is 0 Å². The van der Waals surface area contributed by atoms with E-state index < -0.39 is 29.1 Å². The van der Waals surface area contributed by atoms with E-state index in [1.54, 1.807) is 14.2 Å². The van der Waals surface area contributed by atoms with Crippen molar-refractivity contribution in [2.45, 2.75) is 85.6 Å². The highest BCUT2D eigenvalue weighted by atomic mass is 35.5. The number of ether oxygens (including phenoxy) is 3. The van der Waals surface area contributed by atoms with Crippen LogP contribution in [0.1, 0.15) is 26.7 Å². The van der Waals surface area contributed by atoms with Crippen molar-refractivity contribution in [3.63, 3.8) is 0 Å². The molecule has 3 N–H and O–H groups in total. The topological polar surface area (TPSA) is 92.3 Å². The van der Waals surface area contributed by atoms with Gasteiger partial charge < -0.3 is 24.6 Å². The molecule has 0 aromatic rings. The largest absolute Gasteiger partial charge is 0.389 e. The molecule has 3 aliphatic heterocycles. The van der Waals surface area contributed by atoms with Crippen molar-refractivity contribution in [3.8, 4) is 0 Å². The van der Waals surface area contributed by atoms with Crippen LogP contribution in [0.15, 0.2) is 0 Å². The molecule has 0 aromatic heterocycles. The summed E-state index contributed by atoms with van der Waals surface area (Å²) in [7, 11) is 5.29. The first kappa shape index (κ1) is 23.8. The van der Waals surface area contributed by atoms with E-state index >= 15 is 0 Å². The molecule has 13 atom stereocenters. The molecular weight excluding hydrogens is 454 g/mol. The number of rotatable bonds is 3. The number of aliphatic hydroxyl groups excluding tert-OH is 1. The Labute approximate surface area is 199 Å². The van der Waals surface area contributed by atoms with Gasteiger partial charge in [-0.3, -0.25) is 10.2 Å². The van der Waals surface area contributed by atoms with Gasteiger partial charge in [-0.25, -0.2) is 5.01 Å². The number of nitrogens with one attached hydrogen (secondary N) is 2. The van der Waals surface area contributed by atoms with E-state index in [0.29, 0.717) is 11.8 Å². The van der Waals surface area contributed by atoms with Crippen LogP contribution in [-0.4, -0.2) is 102 Å². The van der Waals surface area contributed by atoms with Gasteiger partial charge in [0.2, 0.25) is 0 Å². The van der Waals surface area contributed by atoms with Crippen molar-refractivity contribution >= 4 is 29.1 Å². The number of fused-ring (bicyclic) bond motifs is 2. The lowest BCUT2D eigenvalue weighted by Crippen LogP contribution is -2.65. The molecule has 3 heterocycles. The van der Waals surface area contributed by atoms with Gasteiger partial charge in [-0.2, -0.15) is 0 Å². The summed E-state index contributed by atoms with van der Waals surface area (Å²) in [5.41, 5.74) is 2.30. The van der Waals surface area contributed by atoms with Gasteiger partial charge in [0.25, 0.3) is 0 Å². The van der Waals surface area contributed by atoms with Gasteiger partial charge in [0.15, 0.2) is 11.4 Å². The average Bonchev–Trinajstić information content (AvgIpc) is 3.42. The van der Waals surface area contributed by atoms with Gasteiger partial charge in [0, 0.05) is 57.5 Å². The summed E-state index contributed by atoms with van der Waals surface area (Å²) in [4.78, 5) is 14.1. The number of hydrogen-bond acceptors (Lipinski definition) is 9. The van der Waals surface area contributed by atoms with Crippen LogP contribution in [0.2, 0.25) is 0 Å². The second-order valence-corrected chi connectivity index (χ2v) is 12.1. The van der Waals surface area contributed by atoms with Crippen molar-refractivity contribution in [1.82, 2.24) is 15.8 Å². The molecule has 182 valence electrons. The summed E-state index contributed by atoms with van der Waals surface area (Å²) >= 11 is 8.67. The van der Waals surface area contributed by atoms with E-state index in [1.807, 2.05) is 25.7 Å². The number of carbonyl (C=O) groups is 1. The zero-order chi connectivity index (χ0) is 22.9. The normalized spacial score (nSPS) is 56.0. The predicted molar refractivity (Wildman–Crippen MR) is 123 cm³/mol. The van der Waals surface area contributed by atoms with Crippen molar-refractivity contribution in [3.05, 3.63) is 0 Å². The number of ketones is 1. The van der Waals surface area contributed by atoms with E-state index in [4.69, 9.17) is 25.8 Å². The summed E-state index contributed by atoms with van der Waals surface area (Å²) in [6.07, 6.45) is -0.769.